The van der Waals surface area contributed by atoms with E-state index >= 15 is 0 Å². The second-order valence-corrected chi connectivity index (χ2v) is 8.60. The molecule has 1 saturated heterocycles. The van der Waals surface area contributed by atoms with Crippen LogP contribution in [0.2, 0.25) is 5.02 Å². The van der Waals surface area contributed by atoms with Crippen molar-refractivity contribution in [1.29, 1.82) is 5.26 Å². The van der Waals surface area contributed by atoms with Crippen molar-refractivity contribution in [3.63, 3.8) is 0 Å². The number of benzene rings is 2. The van der Waals surface area contributed by atoms with E-state index in [1.54, 1.807) is 6.07 Å². The minimum absolute atomic E-state index is 0.472. The van der Waals surface area contributed by atoms with Gasteiger partial charge in [-0.3, -0.25) is 9.48 Å². The lowest BCUT2D eigenvalue weighted by molar-refractivity contribution is -0.118. The first-order valence-corrected chi connectivity index (χ1v) is 11.3. The van der Waals surface area contributed by atoms with Crippen molar-refractivity contribution < 1.29 is 4.79 Å². The third-order valence-electron chi connectivity index (χ3n) is 5.75. The number of carbonyl (C=O) groups is 1. The first-order chi connectivity index (χ1) is 15.4. The van der Waals surface area contributed by atoms with Gasteiger partial charge >= 0.3 is 0 Å². The highest BCUT2D eigenvalue weighted by atomic mass is 35.5. The number of likely N-dealkylation sites (tertiary alicyclic amines) is 1. The molecule has 1 aliphatic heterocycles. The van der Waals surface area contributed by atoms with E-state index in [0.29, 0.717) is 10.6 Å². The lowest BCUT2D eigenvalue weighted by atomic mass is 10.0. The highest BCUT2D eigenvalue weighted by Gasteiger charge is 2.15. The summed E-state index contributed by atoms with van der Waals surface area (Å²) in [6, 6.07) is 16.1. The van der Waals surface area contributed by atoms with Gasteiger partial charge in [-0.15, -0.1) is 0 Å². The third kappa shape index (κ3) is 5.77. The van der Waals surface area contributed by atoms with Gasteiger partial charge in [0.25, 0.3) is 0 Å². The van der Waals surface area contributed by atoms with E-state index in [2.05, 4.69) is 49.3 Å². The smallest absolute Gasteiger partial charge is 0.209 e. The van der Waals surface area contributed by atoms with Gasteiger partial charge in [0.2, 0.25) is 6.41 Å². The van der Waals surface area contributed by atoms with Gasteiger partial charge in [-0.1, -0.05) is 47.5 Å². The van der Waals surface area contributed by atoms with E-state index < -0.39 is 0 Å². The number of rotatable bonds is 4. The number of amides is 1. The van der Waals surface area contributed by atoms with Gasteiger partial charge in [0.15, 0.2) is 0 Å². The molecule has 0 aliphatic carbocycles. The summed E-state index contributed by atoms with van der Waals surface area (Å²) >= 11 is 6.19. The Morgan fingerprint density at radius 2 is 1.75 bits per heavy atom. The SMILES string of the molecule is Cc1ccc(Cn2nc(C)c(-c3ccc(C#N)c(Cl)c3)c2C)cc1.O=CN1CCCCC1. The fourth-order valence-electron chi connectivity index (χ4n) is 3.92. The molecular weight excluding hydrogens is 420 g/mol. The predicted molar refractivity (Wildman–Crippen MR) is 129 cm³/mol. The van der Waals surface area contributed by atoms with E-state index in [0.717, 1.165) is 48.6 Å². The van der Waals surface area contributed by atoms with E-state index in [1.165, 1.54) is 30.4 Å². The van der Waals surface area contributed by atoms with Crippen LogP contribution in [0.25, 0.3) is 11.1 Å². The summed E-state index contributed by atoms with van der Waals surface area (Å²) in [6.45, 7) is 8.83. The number of aromatic nitrogens is 2. The Morgan fingerprint density at radius 1 is 1.06 bits per heavy atom. The fourth-order valence-corrected chi connectivity index (χ4v) is 4.14. The summed E-state index contributed by atoms with van der Waals surface area (Å²) < 4.78 is 2.02. The molecule has 6 heteroatoms. The first-order valence-electron chi connectivity index (χ1n) is 10.9. The van der Waals surface area contributed by atoms with E-state index in [9.17, 15) is 4.79 Å². The monoisotopic (exact) mass is 448 g/mol. The zero-order valence-corrected chi connectivity index (χ0v) is 19.7. The Bertz CT molecular complexity index is 1110. The molecule has 1 fully saturated rings. The molecule has 1 aliphatic rings. The van der Waals surface area contributed by atoms with Gasteiger partial charge in [0.05, 0.1) is 22.8 Å². The van der Waals surface area contributed by atoms with Crippen LogP contribution in [-0.2, 0) is 11.3 Å². The lowest BCUT2D eigenvalue weighted by Gasteiger charge is -2.21. The molecule has 1 aromatic heterocycles. The minimum atomic E-state index is 0.472. The van der Waals surface area contributed by atoms with Crippen LogP contribution in [0.3, 0.4) is 0 Å². The van der Waals surface area contributed by atoms with Crippen molar-refractivity contribution >= 4 is 18.0 Å². The van der Waals surface area contributed by atoms with Crippen molar-refractivity contribution in [2.75, 3.05) is 13.1 Å². The molecule has 2 aromatic carbocycles. The molecule has 0 saturated carbocycles. The summed E-state index contributed by atoms with van der Waals surface area (Å²) in [5.74, 6) is 0. The number of nitriles is 1. The average molecular weight is 449 g/mol. The first kappa shape index (κ1) is 23.6. The normalized spacial score (nSPS) is 13.2. The van der Waals surface area contributed by atoms with Crippen molar-refractivity contribution in [2.45, 2.75) is 46.6 Å². The van der Waals surface area contributed by atoms with Gasteiger partial charge in [-0.25, -0.2) is 0 Å². The van der Waals surface area contributed by atoms with Gasteiger partial charge in [-0.2, -0.15) is 10.4 Å². The van der Waals surface area contributed by atoms with Gasteiger partial charge in [0.1, 0.15) is 6.07 Å². The quantitative estimate of drug-likeness (QED) is 0.482. The van der Waals surface area contributed by atoms with Crippen LogP contribution in [-0.4, -0.2) is 34.2 Å². The Labute approximate surface area is 195 Å². The average Bonchev–Trinajstić information content (AvgIpc) is 3.09. The van der Waals surface area contributed by atoms with Crippen LogP contribution in [0.15, 0.2) is 42.5 Å². The fraction of sp³-hybridized carbons (Fsp3) is 0.346. The summed E-state index contributed by atoms with van der Waals surface area (Å²) in [4.78, 5) is 11.9. The van der Waals surface area contributed by atoms with Gasteiger partial charge in [-0.05, 0) is 63.3 Å². The highest BCUT2D eigenvalue weighted by molar-refractivity contribution is 6.32. The number of carbonyl (C=O) groups excluding carboxylic acids is 1. The molecule has 5 nitrogen and oxygen atoms in total. The Kier molecular flexibility index (Phi) is 8.08. The maximum absolute atomic E-state index is 10.1. The molecule has 2 heterocycles. The zero-order chi connectivity index (χ0) is 23.1. The Morgan fingerprint density at radius 3 is 2.31 bits per heavy atom. The molecule has 32 heavy (non-hydrogen) atoms. The second kappa shape index (κ2) is 11.0. The number of aryl methyl sites for hydroxylation is 2. The van der Waals surface area contributed by atoms with Crippen LogP contribution in [0.5, 0.6) is 0 Å². The van der Waals surface area contributed by atoms with Crippen LogP contribution in [0, 0.1) is 32.1 Å². The molecule has 0 bridgehead atoms. The summed E-state index contributed by atoms with van der Waals surface area (Å²) in [5, 5.41) is 14.2. The lowest BCUT2D eigenvalue weighted by Crippen LogP contribution is -2.27. The molecular formula is C26H29ClN4O. The highest BCUT2D eigenvalue weighted by Crippen LogP contribution is 2.30. The molecule has 0 radical (unpaired) electrons. The number of halogens is 1. The molecule has 0 N–H and O–H groups in total. The molecule has 1 amide bonds. The zero-order valence-electron chi connectivity index (χ0n) is 18.9. The predicted octanol–water partition coefficient (Wildman–Crippen LogP) is 5.68. The number of piperidine rings is 1. The number of hydrogen-bond acceptors (Lipinski definition) is 3. The number of nitrogens with zero attached hydrogens (tertiary/aromatic N) is 4. The molecule has 0 atom stereocenters. The third-order valence-corrected chi connectivity index (χ3v) is 6.07. The Hall–Kier alpha value is -3.10. The molecule has 3 aromatic rings. The molecule has 4 rings (SSSR count). The molecule has 166 valence electrons. The minimum Gasteiger partial charge on any atom is -0.345 e. The summed E-state index contributed by atoms with van der Waals surface area (Å²) in [6.07, 6.45) is 4.63. The van der Waals surface area contributed by atoms with Crippen LogP contribution in [0.1, 0.15) is 47.3 Å². The maximum atomic E-state index is 10.1. The van der Waals surface area contributed by atoms with Crippen molar-refractivity contribution in [1.82, 2.24) is 14.7 Å². The standard InChI is InChI=1S/C20H18ClN3.C6H11NO/c1-13-4-6-16(7-5-13)12-24-15(3)20(14(2)23-24)17-8-9-18(11-22)19(21)10-17;8-6-7-4-2-1-3-5-7/h4-10H,12H2,1-3H3;6H,1-5H2. The van der Waals surface area contributed by atoms with Gasteiger partial charge in [0, 0.05) is 24.3 Å². The van der Waals surface area contributed by atoms with Crippen molar-refractivity contribution in [3.8, 4) is 17.2 Å². The largest absolute Gasteiger partial charge is 0.345 e. The van der Waals surface area contributed by atoms with Crippen LogP contribution in [0.4, 0.5) is 0 Å². The number of hydrogen-bond donors (Lipinski definition) is 0. The van der Waals surface area contributed by atoms with Gasteiger partial charge < -0.3 is 4.90 Å². The summed E-state index contributed by atoms with van der Waals surface area (Å²) in [7, 11) is 0. The Balaban J connectivity index is 0.000000305. The second-order valence-electron chi connectivity index (χ2n) is 8.20. The van der Waals surface area contributed by atoms with Crippen molar-refractivity contribution in [3.05, 3.63) is 75.6 Å². The van der Waals surface area contributed by atoms with E-state index in [-0.39, 0.29) is 0 Å². The van der Waals surface area contributed by atoms with Crippen LogP contribution < -0.4 is 0 Å². The van der Waals surface area contributed by atoms with E-state index in [4.69, 9.17) is 16.9 Å². The van der Waals surface area contributed by atoms with Crippen molar-refractivity contribution in [2.24, 2.45) is 0 Å². The maximum Gasteiger partial charge on any atom is 0.209 e. The molecule has 0 unspecified atom stereocenters. The topological polar surface area (TPSA) is 61.9 Å². The van der Waals surface area contributed by atoms with Crippen LogP contribution >= 0.6 is 11.6 Å². The van der Waals surface area contributed by atoms with E-state index in [1.807, 2.05) is 28.6 Å². The summed E-state index contributed by atoms with van der Waals surface area (Å²) in [5.41, 5.74) is 7.07. The molecule has 0 spiro atoms.